The first-order valence-corrected chi connectivity index (χ1v) is 19.2. The predicted octanol–water partition coefficient (Wildman–Crippen LogP) is 13.4. The Kier molecular flexibility index (Phi) is 6.55. The molecule has 0 atom stereocenters. The summed E-state index contributed by atoms with van der Waals surface area (Å²) in [6.07, 6.45) is 0. The zero-order valence-electron chi connectivity index (χ0n) is 30.3. The van der Waals surface area contributed by atoms with Crippen molar-refractivity contribution in [3.05, 3.63) is 217 Å². The van der Waals surface area contributed by atoms with E-state index in [0.717, 1.165) is 61.3 Å². The second-order valence-electron chi connectivity index (χ2n) is 14.8. The van der Waals surface area contributed by atoms with Gasteiger partial charge in [0.1, 0.15) is 16.8 Å². The smallest absolute Gasteiger partial charge is 0.160 e. The lowest BCUT2D eigenvalue weighted by Gasteiger charge is -2.28. The van der Waals surface area contributed by atoms with Crippen molar-refractivity contribution in [3.63, 3.8) is 0 Å². The number of benzene rings is 8. The van der Waals surface area contributed by atoms with Crippen LogP contribution in [-0.4, -0.2) is 9.97 Å². The van der Waals surface area contributed by atoms with E-state index in [1.807, 2.05) is 6.07 Å². The quantitative estimate of drug-likeness (QED) is 0.182. The number of hydrogen-bond donors (Lipinski definition) is 0. The van der Waals surface area contributed by atoms with Gasteiger partial charge in [0.05, 0.1) is 11.4 Å². The third kappa shape index (κ3) is 4.34. The molecule has 3 heteroatoms. The van der Waals surface area contributed by atoms with E-state index < -0.39 is 5.41 Å². The van der Waals surface area contributed by atoms with Gasteiger partial charge in [0, 0.05) is 27.6 Å². The lowest BCUT2D eigenvalue weighted by molar-refractivity contribution is 0.507. The first-order chi connectivity index (χ1) is 27.8. The van der Waals surface area contributed by atoms with Gasteiger partial charge in [-0.3, -0.25) is 0 Å². The van der Waals surface area contributed by atoms with Crippen LogP contribution in [0, 0.1) is 0 Å². The fourth-order valence-corrected chi connectivity index (χ4v) is 9.47. The van der Waals surface area contributed by atoms with Crippen LogP contribution in [0.3, 0.4) is 0 Å². The van der Waals surface area contributed by atoms with E-state index in [1.165, 1.54) is 44.3 Å². The minimum Gasteiger partial charge on any atom is -0.459 e. The second kappa shape index (κ2) is 11.8. The van der Waals surface area contributed by atoms with Crippen molar-refractivity contribution >= 4 is 21.7 Å². The van der Waals surface area contributed by atoms with Crippen LogP contribution in [0.5, 0.6) is 0 Å². The number of nitrogens with zero attached hydrogens (tertiary/aromatic N) is 2. The summed E-state index contributed by atoms with van der Waals surface area (Å²) in [5.74, 6) is 1.70. The first-order valence-electron chi connectivity index (χ1n) is 19.2. The Labute approximate surface area is 324 Å². The van der Waals surface area contributed by atoms with Crippen LogP contribution >= 0.6 is 0 Å². The van der Waals surface area contributed by atoms with Gasteiger partial charge in [-0.2, -0.15) is 0 Å². The van der Waals surface area contributed by atoms with Crippen LogP contribution < -0.4 is 0 Å². The molecule has 56 heavy (non-hydrogen) atoms. The molecule has 3 nitrogen and oxygen atoms in total. The van der Waals surface area contributed by atoms with Gasteiger partial charge in [0.15, 0.2) is 5.82 Å². The van der Waals surface area contributed by atoms with Crippen LogP contribution in [0.15, 0.2) is 199 Å². The number of rotatable bonds is 4. The predicted molar refractivity (Wildman–Crippen MR) is 227 cm³/mol. The summed E-state index contributed by atoms with van der Waals surface area (Å²) in [6, 6.07) is 69.3. The van der Waals surface area contributed by atoms with Gasteiger partial charge in [-0.05, 0) is 79.5 Å². The van der Waals surface area contributed by atoms with Gasteiger partial charge in [0.25, 0.3) is 0 Å². The van der Waals surface area contributed by atoms with Crippen molar-refractivity contribution < 1.29 is 4.42 Å². The van der Waals surface area contributed by atoms with E-state index in [0.29, 0.717) is 5.82 Å². The molecule has 2 aliphatic rings. The molecule has 0 saturated carbocycles. The molecule has 2 aliphatic carbocycles. The SMILES string of the molecule is c1ccc(-c2cc(-c3ccccc3-c3ccc4c(c3)-c3c(oc5ccccc35)C43c4ccccc4-c4ccccc43)nc(-c3ccc4ccccc4c3)n2)cc1. The Hall–Kier alpha value is -7.36. The van der Waals surface area contributed by atoms with Gasteiger partial charge in [-0.15, -0.1) is 0 Å². The molecule has 0 N–H and O–H groups in total. The lowest BCUT2D eigenvalue weighted by atomic mass is 9.73. The van der Waals surface area contributed by atoms with Crippen LogP contribution in [-0.2, 0) is 5.41 Å². The summed E-state index contributed by atoms with van der Waals surface area (Å²) >= 11 is 0. The minimum absolute atomic E-state index is 0.555. The van der Waals surface area contributed by atoms with Crippen LogP contribution in [0.4, 0.5) is 0 Å². The molecular formula is C53H32N2O. The highest BCUT2D eigenvalue weighted by molar-refractivity contribution is 6.05. The highest BCUT2D eigenvalue weighted by atomic mass is 16.3. The lowest BCUT2D eigenvalue weighted by Crippen LogP contribution is -2.25. The molecule has 10 aromatic rings. The molecule has 0 bridgehead atoms. The van der Waals surface area contributed by atoms with E-state index in [-0.39, 0.29) is 0 Å². The number of hydrogen-bond acceptors (Lipinski definition) is 3. The molecule has 2 heterocycles. The molecule has 1 spiro atoms. The number of furan rings is 1. The van der Waals surface area contributed by atoms with Crippen molar-refractivity contribution in [1.82, 2.24) is 9.97 Å². The van der Waals surface area contributed by atoms with Gasteiger partial charge < -0.3 is 4.42 Å². The highest BCUT2D eigenvalue weighted by Gasteiger charge is 2.55. The zero-order chi connectivity index (χ0) is 36.8. The standard InChI is InChI=1S/C53H32N2O/c1-2-15-34(16-3-1)47-32-48(55-52(54-47)37-27-26-33-14-4-5-17-35(33)30-37)41-21-7-6-18-38(41)36-28-29-46-43(31-36)50-42-22-10-13-25-49(42)56-51(50)53(46)44-23-11-8-19-39(44)40-20-9-12-24-45(40)53/h1-32H. The van der Waals surface area contributed by atoms with Crippen LogP contribution in [0.1, 0.15) is 22.5 Å². The first kappa shape index (κ1) is 31.0. The monoisotopic (exact) mass is 712 g/mol. The molecule has 0 aliphatic heterocycles. The van der Waals surface area contributed by atoms with Crippen molar-refractivity contribution in [2.45, 2.75) is 5.41 Å². The molecule has 0 amide bonds. The zero-order valence-corrected chi connectivity index (χ0v) is 30.3. The molecule has 260 valence electrons. The number of fused-ring (bicyclic) bond motifs is 13. The summed E-state index contributed by atoms with van der Waals surface area (Å²) in [5, 5.41) is 3.49. The minimum atomic E-state index is -0.555. The average Bonchev–Trinajstić information content (AvgIpc) is 3.90. The Morgan fingerprint density at radius 3 is 1.79 bits per heavy atom. The summed E-state index contributed by atoms with van der Waals surface area (Å²) < 4.78 is 7.00. The summed E-state index contributed by atoms with van der Waals surface area (Å²) in [7, 11) is 0. The van der Waals surface area contributed by atoms with Crippen LogP contribution in [0.2, 0.25) is 0 Å². The maximum absolute atomic E-state index is 7.00. The van der Waals surface area contributed by atoms with E-state index in [9.17, 15) is 0 Å². The molecule has 0 saturated heterocycles. The molecule has 2 aromatic heterocycles. The summed E-state index contributed by atoms with van der Waals surface area (Å²) in [5.41, 5.74) is 16.1. The van der Waals surface area contributed by atoms with Gasteiger partial charge in [-0.1, -0.05) is 170 Å². The molecule has 8 aromatic carbocycles. The summed E-state index contributed by atoms with van der Waals surface area (Å²) in [6.45, 7) is 0. The van der Waals surface area contributed by atoms with Gasteiger partial charge >= 0.3 is 0 Å². The highest BCUT2D eigenvalue weighted by Crippen LogP contribution is 2.64. The Morgan fingerprint density at radius 2 is 0.982 bits per heavy atom. The topological polar surface area (TPSA) is 38.9 Å². The molecule has 0 radical (unpaired) electrons. The average molecular weight is 713 g/mol. The van der Waals surface area contributed by atoms with E-state index in [4.69, 9.17) is 14.4 Å². The van der Waals surface area contributed by atoms with E-state index in [1.54, 1.807) is 0 Å². The van der Waals surface area contributed by atoms with E-state index in [2.05, 4.69) is 188 Å². The van der Waals surface area contributed by atoms with Crippen molar-refractivity contribution in [2.75, 3.05) is 0 Å². The molecule has 12 rings (SSSR count). The van der Waals surface area contributed by atoms with Gasteiger partial charge in [-0.25, -0.2) is 9.97 Å². The molecule has 0 fully saturated rings. The van der Waals surface area contributed by atoms with Crippen molar-refractivity contribution in [2.24, 2.45) is 0 Å². The third-order valence-electron chi connectivity index (χ3n) is 11.9. The second-order valence-corrected chi connectivity index (χ2v) is 14.8. The third-order valence-corrected chi connectivity index (χ3v) is 11.9. The molecule has 0 unspecified atom stereocenters. The van der Waals surface area contributed by atoms with Gasteiger partial charge in [0.2, 0.25) is 0 Å². The van der Waals surface area contributed by atoms with Crippen LogP contribution in [0.25, 0.3) is 89.0 Å². The maximum atomic E-state index is 7.00. The largest absolute Gasteiger partial charge is 0.459 e. The summed E-state index contributed by atoms with van der Waals surface area (Å²) in [4.78, 5) is 10.5. The van der Waals surface area contributed by atoms with E-state index >= 15 is 0 Å². The number of para-hydroxylation sites is 1. The Bertz CT molecular complexity index is 3170. The fraction of sp³-hybridized carbons (Fsp3) is 0.0189. The Morgan fingerprint density at radius 1 is 0.375 bits per heavy atom. The van der Waals surface area contributed by atoms with Crippen molar-refractivity contribution in [3.8, 4) is 67.3 Å². The normalized spacial score (nSPS) is 13.1. The molecular weight excluding hydrogens is 681 g/mol. The number of aromatic nitrogens is 2. The maximum Gasteiger partial charge on any atom is 0.160 e. The fourth-order valence-electron chi connectivity index (χ4n) is 9.47. The Balaban J connectivity index is 1.08. The van der Waals surface area contributed by atoms with Crippen molar-refractivity contribution in [1.29, 1.82) is 0 Å².